The summed E-state index contributed by atoms with van der Waals surface area (Å²) >= 11 is 3.25. The van der Waals surface area contributed by atoms with E-state index in [1.807, 2.05) is 19.1 Å². The van der Waals surface area contributed by atoms with E-state index in [2.05, 4.69) is 28.9 Å². The summed E-state index contributed by atoms with van der Waals surface area (Å²) in [5.41, 5.74) is 3.40. The van der Waals surface area contributed by atoms with Crippen molar-refractivity contribution < 1.29 is 5.11 Å². The lowest BCUT2D eigenvalue weighted by atomic mass is 10.0. The summed E-state index contributed by atoms with van der Waals surface area (Å²) in [6, 6.07) is 6.09. The van der Waals surface area contributed by atoms with Gasteiger partial charge in [-0.3, -0.25) is 0 Å². The van der Waals surface area contributed by atoms with Crippen LogP contribution in [0.15, 0.2) is 18.2 Å². The number of benzene rings is 1. The third kappa shape index (κ3) is 2.08. The molecule has 1 aromatic rings. The molecule has 1 N–H and O–H groups in total. The van der Waals surface area contributed by atoms with Crippen molar-refractivity contribution in [2.45, 2.75) is 20.0 Å². The largest absolute Gasteiger partial charge is 0.388 e. The minimum absolute atomic E-state index is 0.384. The van der Waals surface area contributed by atoms with Gasteiger partial charge in [0.1, 0.15) is 0 Å². The molecule has 0 saturated carbocycles. The Morgan fingerprint density at radius 3 is 2.58 bits per heavy atom. The van der Waals surface area contributed by atoms with Crippen molar-refractivity contribution in [2.24, 2.45) is 0 Å². The van der Waals surface area contributed by atoms with E-state index < -0.39 is 0 Å². The third-order valence-corrected chi connectivity index (χ3v) is 2.54. The van der Waals surface area contributed by atoms with Crippen LogP contribution in [-0.4, -0.2) is 10.4 Å². The molecular formula is C10H13BrO. The highest BCUT2D eigenvalue weighted by atomic mass is 79.9. The highest BCUT2D eigenvalue weighted by Crippen LogP contribution is 2.19. The van der Waals surface area contributed by atoms with Crippen molar-refractivity contribution in [2.75, 3.05) is 5.33 Å². The molecule has 0 aliphatic carbocycles. The number of hydrogen-bond donors (Lipinski definition) is 1. The van der Waals surface area contributed by atoms with E-state index in [1.54, 1.807) is 0 Å². The van der Waals surface area contributed by atoms with Crippen LogP contribution in [-0.2, 0) is 0 Å². The molecule has 1 rings (SSSR count). The fourth-order valence-corrected chi connectivity index (χ4v) is 1.63. The molecule has 66 valence electrons. The lowest BCUT2D eigenvalue weighted by Gasteiger charge is -2.10. The number of aryl methyl sites for hydroxylation is 2. The number of hydrogen-bond acceptors (Lipinski definition) is 1. The van der Waals surface area contributed by atoms with Gasteiger partial charge in [-0.1, -0.05) is 39.7 Å². The second-order valence-corrected chi connectivity index (χ2v) is 3.68. The first-order valence-corrected chi connectivity index (χ1v) is 5.08. The lowest BCUT2D eigenvalue weighted by Crippen LogP contribution is -2.00. The summed E-state index contributed by atoms with van der Waals surface area (Å²) in [4.78, 5) is 0. The molecule has 0 amide bonds. The fourth-order valence-electron chi connectivity index (χ4n) is 1.28. The molecule has 0 unspecified atom stereocenters. The zero-order valence-corrected chi connectivity index (χ0v) is 8.93. The minimum atomic E-state index is -0.384. The Morgan fingerprint density at radius 2 is 2.08 bits per heavy atom. The quantitative estimate of drug-likeness (QED) is 0.773. The van der Waals surface area contributed by atoms with E-state index >= 15 is 0 Å². The summed E-state index contributed by atoms with van der Waals surface area (Å²) in [6.45, 7) is 4.07. The molecule has 1 atom stereocenters. The summed E-state index contributed by atoms with van der Waals surface area (Å²) in [6.07, 6.45) is -0.384. The summed E-state index contributed by atoms with van der Waals surface area (Å²) in [5.74, 6) is 0. The van der Waals surface area contributed by atoms with E-state index in [0.717, 1.165) is 11.1 Å². The van der Waals surface area contributed by atoms with Crippen molar-refractivity contribution >= 4 is 15.9 Å². The van der Waals surface area contributed by atoms with Crippen LogP contribution in [0, 0.1) is 13.8 Å². The van der Waals surface area contributed by atoms with Crippen LogP contribution in [0.4, 0.5) is 0 Å². The zero-order chi connectivity index (χ0) is 9.14. The molecular weight excluding hydrogens is 216 g/mol. The zero-order valence-electron chi connectivity index (χ0n) is 7.34. The highest BCUT2D eigenvalue weighted by molar-refractivity contribution is 9.09. The van der Waals surface area contributed by atoms with Crippen molar-refractivity contribution in [1.29, 1.82) is 0 Å². The molecule has 0 spiro atoms. The Labute approximate surface area is 81.6 Å². The minimum Gasteiger partial charge on any atom is -0.388 e. The van der Waals surface area contributed by atoms with Crippen LogP contribution >= 0.6 is 15.9 Å². The van der Waals surface area contributed by atoms with Crippen molar-refractivity contribution in [1.82, 2.24) is 0 Å². The highest BCUT2D eigenvalue weighted by Gasteiger charge is 2.07. The van der Waals surface area contributed by atoms with Crippen LogP contribution in [0.3, 0.4) is 0 Å². The lowest BCUT2D eigenvalue weighted by molar-refractivity contribution is 0.204. The number of rotatable bonds is 2. The van der Waals surface area contributed by atoms with Gasteiger partial charge in [-0.2, -0.15) is 0 Å². The van der Waals surface area contributed by atoms with Gasteiger partial charge < -0.3 is 5.11 Å². The number of alkyl halides is 1. The van der Waals surface area contributed by atoms with Gasteiger partial charge >= 0.3 is 0 Å². The Balaban J connectivity index is 3.01. The number of halogens is 1. The molecule has 1 aromatic carbocycles. The Bertz CT molecular complexity index is 271. The van der Waals surface area contributed by atoms with Crippen molar-refractivity contribution in [3.05, 3.63) is 34.9 Å². The molecule has 1 nitrogen and oxygen atoms in total. The molecule has 0 saturated heterocycles. The monoisotopic (exact) mass is 228 g/mol. The van der Waals surface area contributed by atoms with E-state index in [0.29, 0.717) is 5.33 Å². The average molecular weight is 229 g/mol. The predicted octanol–water partition coefficient (Wildman–Crippen LogP) is 2.73. The molecule has 0 aromatic heterocycles. The Hall–Kier alpha value is -0.340. The maximum Gasteiger partial charge on any atom is 0.0889 e. The van der Waals surface area contributed by atoms with Crippen LogP contribution in [0.25, 0.3) is 0 Å². The maximum absolute atomic E-state index is 9.55. The van der Waals surface area contributed by atoms with Gasteiger partial charge in [-0.15, -0.1) is 0 Å². The standard InChI is InChI=1S/C10H13BrO/c1-7-3-4-9(8(2)5-7)10(12)6-11/h3-5,10,12H,6H2,1-2H3/t10-/m1/s1. The van der Waals surface area contributed by atoms with Crippen LogP contribution in [0.2, 0.25) is 0 Å². The summed E-state index contributed by atoms with van der Waals surface area (Å²) in [5, 5.41) is 10.1. The van der Waals surface area contributed by atoms with Gasteiger partial charge in [0.15, 0.2) is 0 Å². The molecule has 0 fully saturated rings. The van der Waals surface area contributed by atoms with E-state index in [4.69, 9.17) is 0 Å². The van der Waals surface area contributed by atoms with Gasteiger partial charge in [0.25, 0.3) is 0 Å². The molecule has 0 bridgehead atoms. The second kappa shape index (κ2) is 4.06. The SMILES string of the molecule is Cc1ccc([C@H](O)CBr)c(C)c1. The van der Waals surface area contributed by atoms with E-state index in [1.165, 1.54) is 5.56 Å². The number of aliphatic hydroxyl groups excluding tert-OH is 1. The Morgan fingerprint density at radius 1 is 1.42 bits per heavy atom. The van der Waals surface area contributed by atoms with Gasteiger partial charge in [0, 0.05) is 5.33 Å². The molecule has 0 aliphatic rings. The molecule has 0 aliphatic heterocycles. The first-order chi connectivity index (χ1) is 5.65. The van der Waals surface area contributed by atoms with Gasteiger partial charge in [-0.05, 0) is 25.0 Å². The Kier molecular flexibility index (Phi) is 3.29. The van der Waals surface area contributed by atoms with Crippen LogP contribution in [0.5, 0.6) is 0 Å². The average Bonchev–Trinajstić information content (AvgIpc) is 2.03. The van der Waals surface area contributed by atoms with Gasteiger partial charge in [0.2, 0.25) is 0 Å². The molecule has 12 heavy (non-hydrogen) atoms. The first kappa shape index (κ1) is 9.75. The normalized spacial score (nSPS) is 13.0. The molecule has 0 radical (unpaired) electrons. The number of aliphatic hydroxyl groups is 1. The van der Waals surface area contributed by atoms with E-state index in [-0.39, 0.29) is 6.10 Å². The topological polar surface area (TPSA) is 20.2 Å². The van der Waals surface area contributed by atoms with Gasteiger partial charge in [-0.25, -0.2) is 0 Å². The smallest absolute Gasteiger partial charge is 0.0889 e. The fraction of sp³-hybridized carbons (Fsp3) is 0.400. The van der Waals surface area contributed by atoms with Crippen LogP contribution < -0.4 is 0 Å². The summed E-state index contributed by atoms with van der Waals surface area (Å²) in [7, 11) is 0. The van der Waals surface area contributed by atoms with E-state index in [9.17, 15) is 5.11 Å². The summed E-state index contributed by atoms with van der Waals surface area (Å²) < 4.78 is 0. The first-order valence-electron chi connectivity index (χ1n) is 3.96. The molecule has 0 heterocycles. The second-order valence-electron chi connectivity index (χ2n) is 3.03. The molecule has 2 heteroatoms. The van der Waals surface area contributed by atoms with Crippen molar-refractivity contribution in [3.63, 3.8) is 0 Å². The third-order valence-electron chi connectivity index (χ3n) is 1.93. The maximum atomic E-state index is 9.55. The van der Waals surface area contributed by atoms with Gasteiger partial charge in [0.05, 0.1) is 6.10 Å². The predicted molar refractivity (Wildman–Crippen MR) is 54.7 cm³/mol. The van der Waals surface area contributed by atoms with Crippen LogP contribution in [0.1, 0.15) is 22.8 Å². The van der Waals surface area contributed by atoms with Crippen molar-refractivity contribution in [3.8, 4) is 0 Å².